The molecule has 0 saturated carbocycles. The quantitative estimate of drug-likeness (QED) is 0.596. The first-order valence-corrected chi connectivity index (χ1v) is 2.65. The predicted octanol–water partition coefficient (Wildman–Crippen LogP) is 0.978. The minimum absolute atomic E-state index is 0.135. The van der Waals surface area contributed by atoms with E-state index in [1.54, 1.807) is 0 Å². The Labute approximate surface area is 52.9 Å². The third kappa shape index (κ3) is 6.50. The van der Waals surface area contributed by atoms with Crippen LogP contribution >= 0.6 is 23.6 Å². The summed E-state index contributed by atoms with van der Waals surface area (Å²) in [5.41, 5.74) is 0. The van der Waals surface area contributed by atoms with Crippen molar-refractivity contribution in [3.8, 4) is 0 Å². The van der Waals surface area contributed by atoms with Crippen molar-refractivity contribution in [2.75, 3.05) is 13.2 Å². The maximum Gasteiger partial charge on any atom is 0.0444 e. The molecule has 0 atom stereocenters. The number of rotatable bonds is 3. The van der Waals surface area contributed by atoms with Crippen molar-refractivity contribution >= 4 is 23.6 Å². The van der Waals surface area contributed by atoms with Crippen LogP contribution in [-0.4, -0.2) is 22.2 Å². The van der Waals surface area contributed by atoms with Gasteiger partial charge in [-0.25, -0.2) is 0 Å². The molecule has 4 heteroatoms. The Morgan fingerprint density at radius 1 is 1.43 bits per heavy atom. The summed E-state index contributed by atoms with van der Waals surface area (Å²) in [6.45, 7) is 0.648. The minimum atomic E-state index is 0.135. The molecule has 44 valence electrons. The summed E-state index contributed by atoms with van der Waals surface area (Å²) in [5.74, 6) is 0. The van der Waals surface area contributed by atoms with Crippen LogP contribution in [0.3, 0.4) is 0 Å². The zero-order valence-corrected chi connectivity index (χ0v) is 5.28. The summed E-state index contributed by atoms with van der Waals surface area (Å²) in [5, 5.41) is 8.17. The molecule has 0 aliphatic rings. The summed E-state index contributed by atoms with van der Waals surface area (Å²) in [7, 11) is 0. The number of hydrogen-bond acceptors (Lipinski definition) is 2. The molecule has 0 heterocycles. The third-order valence-corrected chi connectivity index (χ3v) is 0.823. The van der Waals surface area contributed by atoms with Gasteiger partial charge >= 0.3 is 0 Å². The zero-order valence-electron chi connectivity index (χ0n) is 3.77. The van der Waals surface area contributed by atoms with Crippen molar-refractivity contribution < 1.29 is 5.11 Å². The molecular weight excluding hydrogens is 137 g/mol. The summed E-state index contributed by atoms with van der Waals surface area (Å²) in [4.78, 5) is 0. The lowest BCUT2D eigenvalue weighted by Gasteiger charge is -1.98. The highest BCUT2D eigenvalue weighted by Gasteiger charge is 1.90. The molecule has 7 heavy (non-hydrogen) atoms. The van der Waals surface area contributed by atoms with Gasteiger partial charge in [-0.15, -0.1) is 3.94 Å². The van der Waals surface area contributed by atoms with Crippen molar-refractivity contribution in [2.45, 2.75) is 6.42 Å². The summed E-state index contributed by atoms with van der Waals surface area (Å²) in [6.07, 6.45) is 0.618. The molecule has 0 saturated heterocycles. The normalized spacial score (nSPS) is 10.3. The Balaban J connectivity index is 2.68. The van der Waals surface area contributed by atoms with Gasteiger partial charge in [0.05, 0.1) is 0 Å². The van der Waals surface area contributed by atoms with E-state index in [1.165, 1.54) is 0 Å². The molecule has 0 spiro atoms. The molecular formula is C3H7Cl2NO. The van der Waals surface area contributed by atoms with Crippen molar-refractivity contribution in [1.29, 1.82) is 0 Å². The Kier molecular flexibility index (Phi) is 4.99. The fourth-order valence-corrected chi connectivity index (χ4v) is 0.429. The number of aliphatic hydroxyl groups excluding tert-OH is 1. The van der Waals surface area contributed by atoms with E-state index in [4.69, 9.17) is 28.7 Å². The second-order valence-corrected chi connectivity index (χ2v) is 2.09. The lowest BCUT2D eigenvalue weighted by molar-refractivity contribution is 0.283. The molecule has 0 aliphatic heterocycles. The Morgan fingerprint density at radius 3 is 2.14 bits per heavy atom. The van der Waals surface area contributed by atoms with E-state index in [1.807, 2.05) is 0 Å². The van der Waals surface area contributed by atoms with Gasteiger partial charge < -0.3 is 5.11 Å². The van der Waals surface area contributed by atoms with Gasteiger partial charge in [0.25, 0.3) is 0 Å². The molecule has 0 aromatic heterocycles. The summed E-state index contributed by atoms with van der Waals surface area (Å²) in [6, 6.07) is 0. The largest absolute Gasteiger partial charge is 0.396 e. The Morgan fingerprint density at radius 2 is 2.00 bits per heavy atom. The van der Waals surface area contributed by atoms with Crippen LogP contribution in [0.2, 0.25) is 0 Å². The highest BCUT2D eigenvalue weighted by molar-refractivity contribution is 6.33. The van der Waals surface area contributed by atoms with Crippen LogP contribution in [0.15, 0.2) is 0 Å². The second-order valence-electron chi connectivity index (χ2n) is 1.10. The molecule has 0 fully saturated rings. The molecule has 0 amide bonds. The lowest BCUT2D eigenvalue weighted by atomic mass is 10.5. The first kappa shape index (κ1) is 7.50. The number of halogens is 2. The van der Waals surface area contributed by atoms with E-state index in [0.717, 1.165) is 3.94 Å². The standard InChI is InChI=1S/C3H7Cl2NO/c4-6(5)2-1-3-7/h7H,1-3H2. The highest BCUT2D eigenvalue weighted by Crippen LogP contribution is 1.97. The van der Waals surface area contributed by atoms with E-state index in [0.29, 0.717) is 13.0 Å². The third-order valence-electron chi connectivity index (χ3n) is 0.485. The topological polar surface area (TPSA) is 23.5 Å². The van der Waals surface area contributed by atoms with Crippen molar-refractivity contribution in [3.63, 3.8) is 0 Å². The Bertz CT molecular complexity index is 41.9. The number of hydrogen-bond donors (Lipinski definition) is 1. The molecule has 0 aliphatic carbocycles. The van der Waals surface area contributed by atoms with Crippen LogP contribution in [0.4, 0.5) is 0 Å². The fraction of sp³-hybridized carbons (Fsp3) is 1.00. The molecule has 0 unspecified atom stereocenters. The molecule has 0 aromatic carbocycles. The van der Waals surface area contributed by atoms with Crippen LogP contribution in [-0.2, 0) is 0 Å². The molecule has 0 aromatic rings. The summed E-state index contributed by atoms with van der Waals surface area (Å²) < 4.78 is 0.996. The second kappa shape index (κ2) is 4.65. The molecule has 1 N–H and O–H groups in total. The SMILES string of the molecule is OCCCN(Cl)Cl. The van der Waals surface area contributed by atoms with Crippen LogP contribution in [0.5, 0.6) is 0 Å². The average Bonchev–Trinajstić information content (AvgIpc) is 1.61. The van der Waals surface area contributed by atoms with Gasteiger partial charge in [0, 0.05) is 13.2 Å². The van der Waals surface area contributed by atoms with E-state index in [2.05, 4.69) is 0 Å². The molecule has 0 bridgehead atoms. The van der Waals surface area contributed by atoms with E-state index >= 15 is 0 Å². The Hall–Kier alpha value is 0.500. The highest BCUT2D eigenvalue weighted by atomic mass is 35.5. The molecule has 0 radical (unpaired) electrons. The lowest BCUT2D eigenvalue weighted by Crippen LogP contribution is -2.01. The fourth-order valence-electron chi connectivity index (χ4n) is 0.190. The van der Waals surface area contributed by atoms with Gasteiger partial charge in [-0.2, -0.15) is 0 Å². The van der Waals surface area contributed by atoms with E-state index in [-0.39, 0.29) is 6.61 Å². The predicted molar refractivity (Wildman–Crippen MR) is 30.1 cm³/mol. The minimum Gasteiger partial charge on any atom is -0.396 e. The first-order chi connectivity index (χ1) is 3.27. The molecule has 0 rings (SSSR count). The van der Waals surface area contributed by atoms with Gasteiger partial charge in [0.2, 0.25) is 0 Å². The number of nitrogens with zero attached hydrogens (tertiary/aromatic N) is 1. The first-order valence-electron chi connectivity index (χ1n) is 1.97. The zero-order chi connectivity index (χ0) is 5.70. The van der Waals surface area contributed by atoms with E-state index in [9.17, 15) is 0 Å². The van der Waals surface area contributed by atoms with Gasteiger partial charge in [-0.1, -0.05) is 0 Å². The number of aliphatic hydroxyl groups is 1. The van der Waals surface area contributed by atoms with Crippen molar-refractivity contribution in [3.05, 3.63) is 0 Å². The molecule has 2 nitrogen and oxygen atoms in total. The smallest absolute Gasteiger partial charge is 0.0444 e. The van der Waals surface area contributed by atoms with Crippen molar-refractivity contribution in [1.82, 2.24) is 3.94 Å². The monoisotopic (exact) mass is 143 g/mol. The maximum absolute atomic E-state index is 8.17. The van der Waals surface area contributed by atoms with Crippen molar-refractivity contribution in [2.24, 2.45) is 0 Å². The van der Waals surface area contributed by atoms with Gasteiger partial charge in [-0.05, 0) is 30.0 Å². The van der Waals surface area contributed by atoms with Gasteiger partial charge in [-0.3, -0.25) is 0 Å². The van der Waals surface area contributed by atoms with Crippen LogP contribution in [0.1, 0.15) is 6.42 Å². The average molecular weight is 144 g/mol. The van der Waals surface area contributed by atoms with E-state index < -0.39 is 0 Å². The van der Waals surface area contributed by atoms with Crippen LogP contribution in [0.25, 0.3) is 0 Å². The van der Waals surface area contributed by atoms with Crippen LogP contribution in [0, 0.1) is 0 Å². The van der Waals surface area contributed by atoms with Gasteiger partial charge in [0.1, 0.15) is 0 Å². The summed E-state index contributed by atoms with van der Waals surface area (Å²) >= 11 is 10.3. The maximum atomic E-state index is 8.17. The van der Waals surface area contributed by atoms with Crippen LogP contribution < -0.4 is 0 Å². The van der Waals surface area contributed by atoms with Gasteiger partial charge in [0.15, 0.2) is 0 Å².